The van der Waals surface area contributed by atoms with Gasteiger partial charge in [0.15, 0.2) is 0 Å². The van der Waals surface area contributed by atoms with E-state index in [4.69, 9.17) is 4.42 Å². The van der Waals surface area contributed by atoms with Gasteiger partial charge in [-0.15, -0.1) is 11.3 Å². The molecule has 0 aliphatic rings. The van der Waals surface area contributed by atoms with Crippen LogP contribution in [0.5, 0.6) is 0 Å². The Bertz CT molecular complexity index is 766. The number of furan rings is 1. The number of benzene rings is 2. The molecule has 2 aromatic carbocycles. The van der Waals surface area contributed by atoms with Crippen LogP contribution in [0.1, 0.15) is 0 Å². The van der Waals surface area contributed by atoms with Crippen molar-refractivity contribution in [1.82, 2.24) is 0 Å². The van der Waals surface area contributed by atoms with Crippen LogP contribution in [0, 0.1) is 0 Å². The zero-order valence-electron chi connectivity index (χ0n) is 9.59. The van der Waals surface area contributed by atoms with Gasteiger partial charge in [0.25, 0.3) is 0 Å². The van der Waals surface area contributed by atoms with E-state index in [1.54, 1.807) is 11.3 Å². The first-order chi connectivity index (χ1) is 8.93. The summed E-state index contributed by atoms with van der Waals surface area (Å²) in [6.07, 6.45) is 1.86. The molecule has 0 spiro atoms. The summed E-state index contributed by atoms with van der Waals surface area (Å²) in [5.74, 6) is 0. The average Bonchev–Trinajstić information content (AvgIpc) is 3.01. The quantitative estimate of drug-likeness (QED) is 0.446. The summed E-state index contributed by atoms with van der Waals surface area (Å²) >= 11 is 1.78. The highest BCUT2D eigenvalue weighted by atomic mass is 32.1. The molecule has 86 valence electrons. The molecule has 2 aromatic heterocycles. The van der Waals surface area contributed by atoms with Crippen molar-refractivity contribution < 1.29 is 4.42 Å². The fraction of sp³-hybridized carbons (Fsp3) is 0. The second-order valence-corrected chi connectivity index (χ2v) is 5.18. The first-order valence-electron chi connectivity index (χ1n) is 5.86. The van der Waals surface area contributed by atoms with Gasteiger partial charge < -0.3 is 4.42 Å². The number of thiophene rings is 1. The predicted molar refractivity (Wildman–Crippen MR) is 77.0 cm³/mol. The zero-order valence-corrected chi connectivity index (χ0v) is 10.4. The Morgan fingerprint density at radius 2 is 1.61 bits per heavy atom. The van der Waals surface area contributed by atoms with Crippen LogP contribution in [-0.2, 0) is 0 Å². The first kappa shape index (κ1) is 9.92. The van der Waals surface area contributed by atoms with E-state index in [2.05, 4.69) is 41.8 Å². The van der Waals surface area contributed by atoms with Crippen molar-refractivity contribution in [2.45, 2.75) is 0 Å². The lowest BCUT2D eigenvalue weighted by Crippen LogP contribution is -1.71. The van der Waals surface area contributed by atoms with Gasteiger partial charge in [-0.25, -0.2) is 0 Å². The molecule has 0 radical (unpaired) electrons. The van der Waals surface area contributed by atoms with Gasteiger partial charge in [-0.3, -0.25) is 0 Å². The number of para-hydroxylation sites is 1. The van der Waals surface area contributed by atoms with E-state index < -0.39 is 0 Å². The van der Waals surface area contributed by atoms with Crippen LogP contribution in [-0.4, -0.2) is 0 Å². The van der Waals surface area contributed by atoms with Crippen LogP contribution in [0.2, 0.25) is 0 Å². The zero-order chi connectivity index (χ0) is 11.9. The maximum atomic E-state index is 5.63. The molecule has 0 aliphatic heterocycles. The molecule has 0 unspecified atom stereocenters. The molecule has 1 nitrogen and oxygen atoms in total. The molecule has 0 atom stereocenters. The van der Waals surface area contributed by atoms with Crippen LogP contribution in [0.25, 0.3) is 32.2 Å². The normalized spacial score (nSPS) is 11.3. The minimum absolute atomic E-state index is 0.949. The van der Waals surface area contributed by atoms with Gasteiger partial charge in [-0.05, 0) is 16.8 Å². The molecule has 0 N–H and O–H groups in total. The Labute approximate surface area is 108 Å². The summed E-state index contributed by atoms with van der Waals surface area (Å²) < 4.78 is 5.63. The molecule has 4 aromatic rings. The van der Waals surface area contributed by atoms with Crippen LogP contribution >= 0.6 is 11.3 Å². The summed E-state index contributed by atoms with van der Waals surface area (Å²) in [7, 11) is 0. The van der Waals surface area contributed by atoms with Crippen molar-refractivity contribution in [3.05, 3.63) is 60.2 Å². The Kier molecular flexibility index (Phi) is 2.05. The maximum Gasteiger partial charge on any atom is 0.134 e. The standard InChI is InChI=1S/C16H10OS/c1-2-6-12-11(5-1)10-18-16(12)14-9-17-15-8-4-3-7-13(14)15/h1-10H. The summed E-state index contributed by atoms with van der Waals surface area (Å²) in [5, 5.41) is 5.98. The first-order valence-corrected chi connectivity index (χ1v) is 6.74. The molecule has 18 heavy (non-hydrogen) atoms. The lowest BCUT2D eigenvalue weighted by atomic mass is 10.1. The third-order valence-corrected chi connectivity index (χ3v) is 4.28. The Hall–Kier alpha value is -2.06. The predicted octanol–water partition coefficient (Wildman–Crippen LogP) is 5.31. The molecule has 0 fully saturated rings. The molecule has 0 aliphatic carbocycles. The van der Waals surface area contributed by atoms with E-state index in [9.17, 15) is 0 Å². The van der Waals surface area contributed by atoms with Gasteiger partial charge in [0.2, 0.25) is 0 Å². The van der Waals surface area contributed by atoms with E-state index in [0.29, 0.717) is 0 Å². The minimum atomic E-state index is 0.949. The van der Waals surface area contributed by atoms with E-state index in [0.717, 1.165) is 5.58 Å². The second-order valence-electron chi connectivity index (χ2n) is 4.30. The topological polar surface area (TPSA) is 13.1 Å². The van der Waals surface area contributed by atoms with Gasteiger partial charge >= 0.3 is 0 Å². The van der Waals surface area contributed by atoms with Crippen molar-refractivity contribution in [3.8, 4) is 10.4 Å². The van der Waals surface area contributed by atoms with Gasteiger partial charge in [0, 0.05) is 21.2 Å². The average molecular weight is 250 g/mol. The van der Waals surface area contributed by atoms with E-state index in [1.165, 1.54) is 26.6 Å². The SMILES string of the molecule is c1ccc2c(-c3coc4ccccc34)scc2c1. The molecule has 4 rings (SSSR count). The van der Waals surface area contributed by atoms with Crippen molar-refractivity contribution in [2.75, 3.05) is 0 Å². The molecule has 0 saturated heterocycles. The molecule has 2 heterocycles. The van der Waals surface area contributed by atoms with Crippen molar-refractivity contribution in [1.29, 1.82) is 0 Å². The van der Waals surface area contributed by atoms with Gasteiger partial charge in [0.05, 0.1) is 0 Å². The number of rotatable bonds is 1. The van der Waals surface area contributed by atoms with Crippen LogP contribution in [0.15, 0.2) is 64.6 Å². The third-order valence-electron chi connectivity index (χ3n) is 3.23. The molecular weight excluding hydrogens is 240 g/mol. The van der Waals surface area contributed by atoms with Gasteiger partial charge in [0.1, 0.15) is 11.8 Å². The minimum Gasteiger partial charge on any atom is -0.464 e. The van der Waals surface area contributed by atoms with Crippen LogP contribution in [0.4, 0.5) is 0 Å². The lowest BCUT2D eigenvalue weighted by molar-refractivity contribution is 0.617. The number of hydrogen-bond donors (Lipinski definition) is 0. The van der Waals surface area contributed by atoms with Crippen LogP contribution < -0.4 is 0 Å². The molecular formula is C16H10OS. The van der Waals surface area contributed by atoms with Crippen molar-refractivity contribution >= 4 is 33.1 Å². The molecule has 0 saturated carbocycles. The fourth-order valence-electron chi connectivity index (χ4n) is 2.35. The highest BCUT2D eigenvalue weighted by Crippen LogP contribution is 2.39. The highest BCUT2D eigenvalue weighted by molar-refractivity contribution is 7.15. The van der Waals surface area contributed by atoms with Crippen molar-refractivity contribution in [3.63, 3.8) is 0 Å². The monoisotopic (exact) mass is 250 g/mol. The van der Waals surface area contributed by atoms with E-state index in [1.807, 2.05) is 18.4 Å². The summed E-state index contributed by atoms with van der Waals surface area (Å²) in [4.78, 5) is 1.29. The Morgan fingerprint density at radius 3 is 2.56 bits per heavy atom. The van der Waals surface area contributed by atoms with Crippen LogP contribution in [0.3, 0.4) is 0 Å². The maximum absolute atomic E-state index is 5.63. The fourth-order valence-corrected chi connectivity index (χ4v) is 3.40. The molecule has 0 amide bonds. The third kappa shape index (κ3) is 1.33. The van der Waals surface area contributed by atoms with E-state index in [-0.39, 0.29) is 0 Å². The summed E-state index contributed by atoms with van der Waals surface area (Å²) in [6.45, 7) is 0. The largest absolute Gasteiger partial charge is 0.464 e. The lowest BCUT2D eigenvalue weighted by Gasteiger charge is -1.96. The van der Waals surface area contributed by atoms with E-state index >= 15 is 0 Å². The smallest absolute Gasteiger partial charge is 0.134 e. The molecule has 2 heteroatoms. The van der Waals surface area contributed by atoms with Gasteiger partial charge in [-0.2, -0.15) is 0 Å². The molecule has 0 bridgehead atoms. The Balaban J connectivity index is 2.08. The summed E-state index contributed by atoms with van der Waals surface area (Å²) in [6, 6.07) is 16.7. The number of hydrogen-bond acceptors (Lipinski definition) is 2. The second kappa shape index (κ2) is 3.72. The summed E-state index contributed by atoms with van der Waals surface area (Å²) in [5.41, 5.74) is 2.14. The van der Waals surface area contributed by atoms with Crippen molar-refractivity contribution in [2.24, 2.45) is 0 Å². The Morgan fingerprint density at radius 1 is 0.833 bits per heavy atom. The van der Waals surface area contributed by atoms with Gasteiger partial charge in [-0.1, -0.05) is 42.5 Å². The number of fused-ring (bicyclic) bond motifs is 2. The highest BCUT2D eigenvalue weighted by Gasteiger charge is 2.11.